The Hall–Kier alpha value is -3.94. The maximum atomic E-state index is 13.0. The van der Waals surface area contributed by atoms with Gasteiger partial charge in [-0.2, -0.15) is 4.52 Å². The first-order chi connectivity index (χ1) is 17.4. The molecule has 1 aliphatic rings. The summed E-state index contributed by atoms with van der Waals surface area (Å²) in [7, 11) is 1.65. The zero-order valence-electron chi connectivity index (χ0n) is 21.2. The van der Waals surface area contributed by atoms with Crippen molar-refractivity contribution in [3.63, 3.8) is 0 Å². The van der Waals surface area contributed by atoms with Gasteiger partial charge in [0, 0.05) is 24.6 Å². The second-order valence-corrected chi connectivity index (χ2v) is 9.57. The molecule has 1 N–H and O–H groups in total. The smallest absolute Gasteiger partial charge is 0.223 e. The molecule has 186 valence electrons. The SMILES string of the molecule is COc1ccc(-c2nnc3ccc(N4CCC(C(=O)N[C@H](C)c5ccc(C)cc5C)CC4)nn23)cc1. The molecule has 8 heteroatoms. The Balaban J connectivity index is 1.25. The molecule has 2 aromatic heterocycles. The van der Waals surface area contributed by atoms with Crippen LogP contribution in [0.1, 0.15) is 42.5 Å². The van der Waals surface area contributed by atoms with Gasteiger partial charge in [-0.15, -0.1) is 15.3 Å². The predicted octanol–water partition coefficient (Wildman–Crippen LogP) is 4.51. The number of aromatic nitrogens is 4. The largest absolute Gasteiger partial charge is 0.497 e. The van der Waals surface area contributed by atoms with Crippen LogP contribution >= 0.6 is 0 Å². The van der Waals surface area contributed by atoms with Crippen molar-refractivity contribution in [2.75, 3.05) is 25.1 Å². The van der Waals surface area contributed by atoms with E-state index in [-0.39, 0.29) is 17.9 Å². The number of carbonyl (C=O) groups is 1. The zero-order chi connectivity index (χ0) is 25.2. The highest BCUT2D eigenvalue weighted by Crippen LogP contribution is 2.26. The van der Waals surface area contributed by atoms with Gasteiger partial charge in [0.25, 0.3) is 0 Å². The van der Waals surface area contributed by atoms with Crippen molar-refractivity contribution in [2.45, 2.75) is 39.7 Å². The van der Waals surface area contributed by atoms with E-state index in [0.717, 1.165) is 43.1 Å². The van der Waals surface area contributed by atoms with E-state index < -0.39 is 0 Å². The van der Waals surface area contributed by atoms with Gasteiger partial charge in [0.1, 0.15) is 11.6 Å². The molecule has 3 heterocycles. The molecule has 1 amide bonds. The number of rotatable bonds is 6. The van der Waals surface area contributed by atoms with Crippen LogP contribution in [0.15, 0.2) is 54.6 Å². The third kappa shape index (κ3) is 4.76. The van der Waals surface area contributed by atoms with Crippen molar-refractivity contribution in [3.8, 4) is 17.1 Å². The fourth-order valence-electron chi connectivity index (χ4n) is 4.96. The van der Waals surface area contributed by atoms with E-state index in [4.69, 9.17) is 9.84 Å². The fourth-order valence-corrected chi connectivity index (χ4v) is 4.96. The number of hydrogen-bond donors (Lipinski definition) is 1. The number of hydrogen-bond acceptors (Lipinski definition) is 6. The normalized spacial score (nSPS) is 15.2. The molecule has 4 aromatic rings. The summed E-state index contributed by atoms with van der Waals surface area (Å²) >= 11 is 0. The quantitative estimate of drug-likeness (QED) is 0.434. The molecule has 0 aliphatic carbocycles. The lowest BCUT2D eigenvalue weighted by atomic mass is 9.94. The lowest BCUT2D eigenvalue weighted by Crippen LogP contribution is -2.41. The van der Waals surface area contributed by atoms with Gasteiger partial charge >= 0.3 is 0 Å². The van der Waals surface area contributed by atoms with E-state index in [9.17, 15) is 4.79 Å². The molecule has 8 nitrogen and oxygen atoms in total. The van der Waals surface area contributed by atoms with Gasteiger partial charge in [0.15, 0.2) is 11.5 Å². The van der Waals surface area contributed by atoms with E-state index in [1.165, 1.54) is 16.7 Å². The molecule has 0 saturated carbocycles. The van der Waals surface area contributed by atoms with Crippen LogP contribution in [0.4, 0.5) is 5.82 Å². The number of fused-ring (bicyclic) bond motifs is 1. The van der Waals surface area contributed by atoms with Gasteiger partial charge in [-0.1, -0.05) is 23.8 Å². The summed E-state index contributed by atoms with van der Waals surface area (Å²) in [6.07, 6.45) is 1.58. The number of piperidine rings is 1. The maximum absolute atomic E-state index is 13.0. The van der Waals surface area contributed by atoms with E-state index >= 15 is 0 Å². The summed E-state index contributed by atoms with van der Waals surface area (Å²) in [5, 5.41) is 16.7. The zero-order valence-corrected chi connectivity index (χ0v) is 21.2. The Bertz CT molecular complexity index is 1370. The second-order valence-electron chi connectivity index (χ2n) is 9.57. The summed E-state index contributed by atoms with van der Waals surface area (Å²) in [4.78, 5) is 15.2. The molecule has 0 unspecified atom stereocenters. The van der Waals surface area contributed by atoms with E-state index in [0.29, 0.717) is 11.5 Å². The number of carbonyl (C=O) groups excluding carboxylic acids is 1. The van der Waals surface area contributed by atoms with Gasteiger partial charge in [0.2, 0.25) is 5.91 Å². The number of nitrogens with one attached hydrogen (secondary N) is 1. The topological polar surface area (TPSA) is 84.7 Å². The van der Waals surface area contributed by atoms with E-state index in [1.807, 2.05) is 36.4 Å². The van der Waals surface area contributed by atoms with E-state index in [1.54, 1.807) is 11.6 Å². The first kappa shape index (κ1) is 23.8. The highest BCUT2D eigenvalue weighted by atomic mass is 16.5. The van der Waals surface area contributed by atoms with Crippen LogP contribution in [0.2, 0.25) is 0 Å². The van der Waals surface area contributed by atoms with Gasteiger partial charge in [-0.05, 0) is 81.1 Å². The predicted molar refractivity (Wildman–Crippen MR) is 140 cm³/mol. The number of benzene rings is 2. The Kier molecular flexibility index (Phi) is 6.59. The van der Waals surface area contributed by atoms with Gasteiger partial charge in [-0.3, -0.25) is 4.79 Å². The number of methoxy groups -OCH3 is 1. The molecule has 2 aromatic carbocycles. The first-order valence-corrected chi connectivity index (χ1v) is 12.4. The summed E-state index contributed by atoms with van der Waals surface area (Å²) in [5.41, 5.74) is 5.23. The molecule has 1 fully saturated rings. The summed E-state index contributed by atoms with van der Waals surface area (Å²) in [6.45, 7) is 7.79. The monoisotopic (exact) mass is 484 g/mol. The van der Waals surface area contributed by atoms with Crippen molar-refractivity contribution in [2.24, 2.45) is 5.92 Å². The van der Waals surface area contributed by atoms with Crippen molar-refractivity contribution in [1.29, 1.82) is 0 Å². The first-order valence-electron chi connectivity index (χ1n) is 12.4. The van der Waals surface area contributed by atoms with Crippen LogP contribution in [-0.2, 0) is 4.79 Å². The van der Waals surface area contributed by atoms with Crippen LogP contribution in [0.3, 0.4) is 0 Å². The van der Waals surface area contributed by atoms with Crippen LogP contribution in [-0.4, -0.2) is 45.9 Å². The van der Waals surface area contributed by atoms with Crippen molar-refractivity contribution >= 4 is 17.4 Å². The lowest BCUT2D eigenvalue weighted by molar-refractivity contribution is -0.126. The van der Waals surface area contributed by atoms with Crippen LogP contribution in [0.5, 0.6) is 5.75 Å². The molecular formula is C28H32N6O2. The molecule has 1 aliphatic heterocycles. The summed E-state index contributed by atoms with van der Waals surface area (Å²) in [5.74, 6) is 2.47. The molecule has 0 radical (unpaired) electrons. The third-order valence-corrected chi connectivity index (χ3v) is 7.04. The summed E-state index contributed by atoms with van der Waals surface area (Å²) in [6, 6.07) is 18.0. The highest BCUT2D eigenvalue weighted by molar-refractivity contribution is 5.79. The molecule has 36 heavy (non-hydrogen) atoms. The number of aryl methyl sites for hydroxylation is 2. The molecule has 1 atom stereocenters. The highest BCUT2D eigenvalue weighted by Gasteiger charge is 2.27. The number of anilines is 1. The number of ether oxygens (including phenoxy) is 1. The summed E-state index contributed by atoms with van der Waals surface area (Å²) < 4.78 is 7.04. The molecule has 1 saturated heterocycles. The standard InChI is InChI=1S/C28H32N6O2/c1-18-5-10-24(19(2)17-18)20(3)29-28(35)22-13-15-33(16-14-22)26-12-11-25-30-31-27(34(25)32-26)21-6-8-23(36-4)9-7-21/h5-12,17,20,22H,13-16H2,1-4H3,(H,29,35)/t20-/m1/s1. The average Bonchev–Trinajstić information content (AvgIpc) is 3.32. The second kappa shape index (κ2) is 9.97. The minimum Gasteiger partial charge on any atom is -0.497 e. The van der Waals surface area contributed by atoms with Gasteiger partial charge < -0.3 is 15.0 Å². The Morgan fingerprint density at radius 2 is 1.78 bits per heavy atom. The molecule has 0 spiro atoms. The van der Waals surface area contributed by atoms with E-state index in [2.05, 4.69) is 59.4 Å². The molecule has 0 bridgehead atoms. The van der Waals surface area contributed by atoms with Gasteiger partial charge in [-0.25, -0.2) is 0 Å². The number of nitrogens with zero attached hydrogens (tertiary/aromatic N) is 5. The number of amides is 1. The molecule has 5 rings (SSSR count). The minimum absolute atomic E-state index is 0.00274. The Labute approximate surface area is 211 Å². The average molecular weight is 485 g/mol. The maximum Gasteiger partial charge on any atom is 0.223 e. The molecular weight excluding hydrogens is 452 g/mol. The van der Waals surface area contributed by atoms with Crippen LogP contribution in [0, 0.1) is 19.8 Å². The Morgan fingerprint density at radius 3 is 2.47 bits per heavy atom. The minimum atomic E-state index is -0.00896. The fraction of sp³-hybridized carbons (Fsp3) is 0.357. The van der Waals surface area contributed by atoms with Crippen LogP contribution in [0.25, 0.3) is 17.0 Å². The van der Waals surface area contributed by atoms with Crippen molar-refractivity contribution < 1.29 is 9.53 Å². The third-order valence-electron chi connectivity index (χ3n) is 7.04. The van der Waals surface area contributed by atoms with Gasteiger partial charge in [0.05, 0.1) is 13.2 Å². The van der Waals surface area contributed by atoms with Crippen LogP contribution < -0.4 is 15.0 Å². The van der Waals surface area contributed by atoms with Crippen molar-refractivity contribution in [3.05, 3.63) is 71.3 Å². The lowest BCUT2D eigenvalue weighted by Gasteiger charge is -2.32. The Morgan fingerprint density at radius 1 is 1.03 bits per heavy atom. The van der Waals surface area contributed by atoms with Crippen molar-refractivity contribution in [1.82, 2.24) is 25.1 Å².